The van der Waals surface area contributed by atoms with Crippen molar-refractivity contribution in [3.8, 4) is 11.3 Å². The molecule has 0 radical (unpaired) electrons. The molecule has 0 aliphatic rings. The topological polar surface area (TPSA) is 58.4 Å². The molecule has 0 saturated heterocycles. The SMILES string of the molecule is CCN(CC)[C@H](CNC(=O)c1cc(-c2ccc(Br)cc2)on1)c1ccc(Cl)cc1. The highest BCUT2D eigenvalue weighted by Crippen LogP contribution is 2.24. The van der Waals surface area contributed by atoms with E-state index in [4.69, 9.17) is 16.1 Å². The molecule has 1 atom stereocenters. The van der Waals surface area contributed by atoms with Crippen LogP contribution < -0.4 is 5.32 Å². The van der Waals surface area contributed by atoms with Gasteiger partial charge in [0.05, 0.1) is 6.04 Å². The second-order valence-electron chi connectivity index (χ2n) is 6.58. The van der Waals surface area contributed by atoms with E-state index in [1.807, 2.05) is 48.5 Å². The van der Waals surface area contributed by atoms with Crippen molar-refractivity contribution in [1.82, 2.24) is 15.4 Å². The molecule has 5 nitrogen and oxygen atoms in total. The molecule has 7 heteroatoms. The smallest absolute Gasteiger partial charge is 0.273 e. The lowest BCUT2D eigenvalue weighted by atomic mass is 10.0. The maximum absolute atomic E-state index is 12.7. The molecule has 1 aromatic heterocycles. The highest BCUT2D eigenvalue weighted by molar-refractivity contribution is 9.10. The predicted octanol–water partition coefficient (Wildman–Crippen LogP) is 5.57. The van der Waals surface area contributed by atoms with E-state index >= 15 is 0 Å². The zero-order valence-corrected chi connectivity index (χ0v) is 18.7. The third kappa shape index (κ3) is 5.47. The summed E-state index contributed by atoms with van der Waals surface area (Å²) in [7, 11) is 0. The number of nitrogens with one attached hydrogen (secondary N) is 1. The van der Waals surface area contributed by atoms with Crippen LogP contribution in [0.5, 0.6) is 0 Å². The lowest BCUT2D eigenvalue weighted by molar-refractivity contribution is 0.0926. The van der Waals surface area contributed by atoms with Crippen LogP contribution in [0.1, 0.15) is 35.9 Å². The summed E-state index contributed by atoms with van der Waals surface area (Å²) in [5.41, 5.74) is 2.23. The Morgan fingerprint density at radius 1 is 1.14 bits per heavy atom. The molecule has 1 heterocycles. The van der Waals surface area contributed by atoms with E-state index in [9.17, 15) is 4.79 Å². The van der Waals surface area contributed by atoms with E-state index in [1.165, 1.54) is 0 Å². The van der Waals surface area contributed by atoms with Crippen molar-refractivity contribution in [2.24, 2.45) is 0 Å². The maximum atomic E-state index is 12.7. The summed E-state index contributed by atoms with van der Waals surface area (Å²) in [6.45, 7) is 6.42. The Morgan fingerprint density at radius 2 is 1.79 bits per heavy atom. The number of hydrogen-bond acceptors (Lipinski definition) is 4. The van der Waals surface area contributed by atoms with Gasteiger partial charge in [-0.3, -0.25) is 9.69 Å². The quantitative estimate of drug-likeness (QED) is 0.462. The molecule has 2 aromatic carbocycles. The van der Waals surface area contributed by atoms with Crippen LogP contribution in [0.4, 0.5) is 0 Å². The predicted molar refractivity (Wildman–Crippen MR) is 119 cm³/mol. The molecule has 1 N–H and O–H groups in total. The number of aromatic nitrogens is 1. The highest BCUT2D eigenvalue weighted by atomic mass is 79.9. The van der Waals surface area contributed by atoms with E-state index < -0.39 is 0 Å². The first-order valence-corrected chi connectivity index (χ1v) is 10.7. The van der Waals surface area contributed by atoms with E-state index in [1.54, 1.807) is 6.07 Å². The molecule has 3 aromatic rings. The van der Waals surface area contributed by atoms with Crippen molar-refractivity contribution in [3.63, 3.8) is 0 Å². The van der Waals surface area contributed by atoms with Gasteiger partial charge >= 0.3 is 0 Å². The summed E-state index contributed by atoms with van der Waals surface area (Å²) in [6.07, 6.45) is 0. The van der Waals surface area contributed by atoms with E-state index in [2.05, 4.69) is 45.2 Å². The molecule has 3 rings (SSSR count). The van der Waals surface area contributed by atoms with Crippen LogP contribution in [-0.4, -0.2) is 35.6 Å². The van der Waals surface area contributed by atoms with Crippen LogP contribution in [0.25, 0.3) is 11.3 Å². The van der Waals surface area contributed by atoms with Gasteiger partial charge in [0.15, 0.2) is 11.5 Å². The Kier molecular flexibility index (Phi) is 7.47. The zero-order valence-electron chi connectivity index (χ0n) is 16.4. The van der Waals surface area contributed by atoms with Gasteiger partial charge in [0.2, 0.25) is 0 Å². The summed E-state index contributed by atoms with van der Waals surface area (Å²) in [6, 6.07) is 17.1. The van der Waals surface area contributed by atoms with Crippen LogP contribution >= 0.6 is 27.5 Å². The van der Waals surface area contributed by atoms with Gasteiger partial charge in [-0.2, -0.15) is 0 Å². The minimum Gasteiger partial charge on any atom is -0.355 e. The second kappa shape index (κ2) is 10.1. The number of carbonyl (C=O) groups excluding carboxylic acids is 1. The number of amides is 1. The Hall–Kier alpha value is -2.15. The molecular formula is C22H23BrClN3O2. The second-order valence-corrected chi connectivity index (χ2v) is 7.93. The molecule has 1 amide bonds. The van der Waals surface area contributed by atoms with Gasteiger partial charge in [-0.25, -0.2) is 0 Å². The molecule has 0 aliphatic heterocycles. The minimum atomic E-state index is -0.261. The highest BCUT2D eigenvalue weighted by Gasteiger charge is 2.20. The number of halogens is 2. The van der Waals surface area contributed by atoms with Gasteiger partial charge in [-0.1, -0.05) is 70.8 Å². The Labute approximate surface area is 184 Å². The largest absolute Gasteiger partial charge is 0.355 e. The fraction of sp³-hybridized carbons (Fsp3) is 0.273. The number of hydrogen-bond donors (Lipinski definition) is 1. The van der Waals surface area contributed by atoms with Crippen LogP contribution in [0.15, 0.2) is 63.6 Å². The van der Waals surface area contributed by atoms with Crippen molar-refractivity contribution < 1.29 is 9.32 Å². The molecule has 0 bridgehead atoms. The van der Waals surface area contributed by atoms with Crippen molar-refractivity contribution in [2.45, 2.75) is 19.9 Å². The van der Waals surface area contributed by atoms with Gasteiger partial charge in [-0.05, 0) is 42.9 Å². The monoisotopic (exact) mass is 475 g/mol. The number of carbonyl (C=O) groups is 1. The van der Waals surface area contributed by atoms with Gasteiger partial charge in [0.25, 0.3) is 5.91 Å². The standard InChI is InChI=1S/C22H23BrClN3O2/c1-3-27(4-2)20(15-7-11-18(24)12-8-15)14-25-22(28)19-13-21(29-26-19)16-5-9-17(23)10-6-16/h5-13,20H,3-4,14H2,1-2H3,(H,25,28)/t20-/m1/s1. The number of rotatable bonds is 8. The first kappa shape index (κ1) is 21.6. The van der Waals surface area contributed by atoms with Crippen LogP contribution in [0.3, 0.4) is 0 Å². The van der Waals surface area contributed by atoms with E-state index in [0.29, 0.717) is 17.3 Å². The Balaban J connectivity index is 1.71. The average Bonchev–Trinajstić information content (AvgIpc) is 3.22. The molecule has 0 fully saturated rings. The minimum absolute atomic E-state index is 0.0454. The molecule has 0 aliphatic carbocycles. The maximum Gasteiger partial charge on any atom is 0.273 e. The Bertz CT molecular complexity index is 937. The Morgan fingerprint density at radius 3 is 2.41 bits per heavy atom. The molecule has 0 saturated carbocycles. The summed E-state index contributed by atoms with van der Waals surface area (Å²) in [5, 5.41) is 7.62. The summed E-state index contributed by atoms with van der Waals surface area (Å²) >= 11 is 9.43. The van der Waals surface area contributed by atoms with Crippen molar-refractivity contribution >= 4 is 33.4 Å². The van der Waals surface area contributed by atoms with Crippen LogP contribution in [0.2, 0.25) is 5.02 Å². The van der Waals surface area contributed by atoms with Gasteiger partial charge < -0.3 is 9.84 Å². The van der Waals surface area contributed by atoms with Crippen molar-refractivity contribution in [3.05, 3.63) is 75.4 Å². The van der Waals surface area contributed by atoms with Crippen LogP contribution in [-0.2, 0) is 0 Å². The third-order valence-electron chi connectivity index (χ3n) is 4.84. The van der Waals surface area contributed by atoms with Crippen LogP contribution in [0, 0.1) is 0 Å². The number of benzene rings is 2. The molecule has 152 valence electrons. The molecule has 0 spiro atoms. The van der Waals surface area contributed by atoms with Gasteiger partial charge in [0, 0.05) is 27.7 Å². The van der Waals surface area contributed by atoms with Crippen molar-refractivity contribution in [2.75, 3.05) is 19.6 Å². The van der Waals surface area contributed by atoms with Gasteiger partial charge in [0.1, 0.15) is 0 Å². The number of likely N-dealkylation sites (N-methyl/N-ethyl adjacent to an activating group) is 1. The molecular weight excluding hydrogens is 454 g/mol. The fourth-order valence-electron chi connectivity index (χ4n) is 3.22. The van der Waals surface area contributed by atoms with Gasteiger partial charge in [-0.15, -0.1) is 0 Å². The van der Waals surface area contributed by atoms with E-state index in [0.717, 1.165) is 28.7 Å². The third-order valence-corrected chi connectivity index (χ3v) is 5.62. The summed E-state index contributed by atoms with van der Waals surface area (Å²) in [5.74, 6) is 0.295. The first-order chi connectivity index (χ1) is 14.0. The fourth-order valence-corrected chi connectivity index (χ4v) is 3.61. The lowest BCUT2D eigenvalue weighted by Gasteiger charge is -2.30. The average molecular weight is 477 g/mol. The van der Waals surface area contributed by atoms with Crippen molar-refractivity contribution in [1.29, 1.82) is 0 Å². The summed E-state index contributed by atoms with van der Waals surface area (Å²) in [4.78, 5) is 14.9. The zero-order chi connectivity index (χ0) is 20.8. The number of nitrogens with zero attached hydrogens (tertiary/aromatic N) is 2. The van der Waals surface area contributed by atoms with E-state index in [-0.39, 0.29) is 17.6 Å². The summed E-state index contributed by atoms with van der Waals surface area (Å²) < 4.78 is 6.33. The molecule has 0 unspecified atom stereocenters. The molecule has 29 heavy (non-hydrogen) atoms. The lowest BCUT2D eigenvalue weighted by Crippen LogP contribution is -2.38. The first-order valence-electron chi connectivity index (χ1n) is 9.52. The normalized spacial score (nSPS) is 12.2.